The van der Waals surface area contributed by atoms with Crippen LogP contribution in [0.15, 0.2) is 65.8 Å². The van der Waals surface area contributed by atoms with Gasteiger partial charge in [-0.2, -0.15) is 5.26 Å². The van der Waals surface area contributed by atoms with Crippen LogP contribution in [-0.2, 0) is 0 Å². The van der Waals surface area contributed by atoms with Crippen molar-refractivity contribution in [1.29, 1.82) is 5.26 Å². The molecule has 0 N–H and O–H groups in total. The van der Waals surface area contributed by atoms with Crippen LogP contribution >= 0.6 is 0 Å². The first-order chi connectivity index (χ1) is 17.4. The van der Waals surface area contributed by atoms with E-state index in [0.717, 1.165) is 37.5 Å². The molecule has 1 heteroatoms. The first-order valence-electron chi connectivity index (χ1n) is 14.9. The number of hydrogen-bond acceptors (Lipinski definition) is 1. The minimum Gasteiger partial charge on any atom is -0.198 e. The largest absolute Gasteiger partial charge is 0.198 e. The van der Waals surface area contributed by atoms with E-state index in [9.17, 15) is 5.26 Å². The van der Waals surface area contributed by atoms with Gasteiger partial charge in [-0.15, -0.1) is 0 Å². The second-order valence-electron chi connectivity index (χ2n) is 14.5. The summed E-state index contributed by atoms with van der Waals surface area (Å²) in [6.07, 6.45) is 9.37. The van der Waals surface area contributed by atoms with E-state index in [2.05, 4.69) is 84.5 Å². The average Bonchev–Trinajstić information content (AvgIpc) is 2.83. The van der Waals surface area contributed by atoms with Crippen molar-refractivity contribution < 1.29 is 0 Å². The second-order valence-corrected chi connectivity index (χ2v) is 14.5. The van der Waals surface area contributed by atoms with Crippen molar-refractivity contribution in [3.05, 3.63) is 71.3 Å². The zero-order valence-corrected chi connectivity index (χ0v) is 24.4. The Bertz CT molecular complexity index is 1140. The van der Waals surface area contributed by atoms with Crippen LogP contribution in [0.3, 0.4) is 0 Å². The number of fused-ring (bicyclic) bond motifs is 5. The van der Waals surface area contributed by atoms with Crippen molar-refractivity contribution >= 4 is 0 Å². The van der Waals surface area contributed by atoms with Gasteiger partial charge in [-0.05, 0) is 104 Å². The number of rotatable bonds is 5. The number of nitriles is 1. The summed E-state index contributed by atoms with van der Waals surface area (Å²) in [7, 11) is 0. The predicted molar refractivity (Wildman–Crippen MR) is 156 cm³/mol. The third-order valence-electron chi connectivity index (χ3n) is 12.6. The molecule has 0 aromatic heterocycles. The number of hydrogen-bond donors (Lipinski definition) is 0. The number of nitrogens with zero attached hydrogens (tertiary/aromatic N) is 1. The Labute approximate surface area is 227 Å². The highest BCUT2D eigenvalue weighted by atomic mass is 14.7. The Balaban J connectivity index is 1.47. The van der Waals surface area contributed by atoms with E-state index in [1.54, 1.807) is 11.1 Å². The predicted octanol–water partition coefficient (Wildman–Crippen LogP) is 10.0. The Kier molecular flexibility index (Phi) is 6.66. The maximum absolute atomic E-state index is 10.3. The summed E-state index contributed by atoms with van der Waals surface area (Å²) in [5.74, 6) is 3.32. The molecule has 0 saturated heterocycles. The summed E-state index contributed by atoms with van der Waals surface area (Å²) in [5, 5.41) is 10.3. The van der Waals surface area contributed by atoms with E-state index >= 15 is 0 Å². The van der Waals surface area contributed by atoms with Crippen molar-refractivity contribution in [3.63, 3.8) is 0 Å². The van der Waals surface area contributed by atoms with Crippen molar-refractivity contribution in [2.75, 3.05) is 0 Å². The van der Waals surface area contributed by atoms with Crippen LogP contribution in [0.4, 0.5) is 0 Å². The highest BCUT2D eigenvalue weighted by Gasteiger charge is 2.61. The van der Waals surface area contributed by atoms with Crippen LogP contribution in [0.5, 0.6) is 0 Å². The Morgan fingerprint density at radius 3 is 2.43 bits per heavy atom. The third-order valence-corrected chi connectivity index (χ3v) is 12.6. The number of benzene rings is 1. The minimum atomic E-state index is -0.0544. The molecule has 0 aliphatic heterocycles. The summed E-state index contributed by atoms with van der Waals surface area (Å²) in [4.78, 5) is 0. The molecule has 4 aliphatic carbocycles. The van der Waals surface area contributed by atoms with Gasteiger partial charge in [0.25, 0.3) is 0 Å². The summed E-state index contributed by atoms with van der Waals surface area (Å²) in [6.45, 7) is 24.2. The fraction of sp³-hybridized carbons (Fsp3) is 0.639. The molecule has 4 aliphatic rings. The molecule has 1 aromatic rings. The minimum absolute atomic E-state index is 0.0544. The maximum atomic E-state index is 10.3. The molecule has 198 valence electrons. The van der Waals surface area contributed by atoms with E-state index in [0.29, 0.717) is 17.8 Å². The van der Waals surface area contributed by atoms with Gasteiger partial charge in [0, 0.05) is 5.41 Å². The van der Waals surface area contributed by atoms with Crippen LogP contribution in [-0.4, -0.2) is 0 Å². The molecule has 3 fully saturated rings. The second kappa shape index (κ2) is 9.29. The lowest BCUT2D eigenvalue weighted by Gasteiger charge is -2.64. The highest BCUT2D eigenvalue weighted by Crippen LogP contribution is 2.69. The van der Waals surface area contributed by atoms with Crippen LogP contribution in [0.1, 0.15) is 104 Å². The third kappa shape index (κ3) is 4.09. The zero-order valence-electron chi connectivity index (χ0n) is 24.4. The summed E-state index contributed by atoms with van der Waals surface area (Å²) >= 11 is 0. The molecule has 1 aromatic carbocycles. The SMILES string of the molecule is C=C(CC1CC2(C)CC3C4CCC4CC(C#N)C3(C)C(=C)CC(=C1C)C2(C)C)CC(C)c1ccccc1. The summed E-state index contributed by atoms with van der Waals surface area (Å²) in [5.41, 5.74) is 7.67. The Morgan fingerprint density at radius 1 is 1.11 bits per heavy atom. The summed E-state index contributed by atoms with van der Waals surface area (Å²) in [6, 6.07) is 13.7. The number of allylic oxidation sites excluding steroid dienone is 4. The molecule has 1 nitrogen and oxygen atoms in total. The van der Waals surface area contributed by atoms with Gasteiger partial charge in [-0.25, -0.2) is 0 Å². The van der Waals surface area contributed by atoms with Crippen LogP contribution in [0, 0.1) is 57.2 Å². The van der Waals surface area contributed by atoms with Gasteiger partial charge in [-0.1, -0.05) is 100 Å². The average molecular weight is 496 g/mol. The van der Waals surface area contributed by atoms with Crippen molar-refractivity contribution in [1.82, 2.24) is 0 Å². The fourth-order valence-electron chi connectivity index (χ4n) is 9.36. The van der Waals surface area contributed by atoms with Crippen LogP contribution in [0.25, 0.3) is 0 Å². The van der Waals surface area contributed by atoms with Gasteiger partial charge >= 0.3 is 0 Å². The first-order valence-corrected chi connectivity index (χ1v) is 14.9. The van der Waals surface area contributed by atoms with Gasteiger partial charge in [0.05, 0.1) is 12.0 Å². The molecule has 8 atom stereocenters. The Morgan fingerprint density at radius 2 is 1.81 bits per heavy atom. The molecule has 2 bridgehead atoms. The standard InChI is InChI=1S/C36H49N/c1-23(16-24(2)27-12-10-9-11-13-27)17-29-20-35(7)21-33-31-15-14-28(31)19-30(22-37)36(33,8)25(3)18-32(26(29)4)34(35,5)6/h9-13,24,28-31,33H,1,3,14-21H2,2,4-8H3. The normalized spacial score (nSPS) is 39.3. The molecular weight excluding hydrogens is 446 g/mol. The topological polar surface area (TPSA) is 23.8 Å². The van der Waals surface area contributed by atoms with Crippen molar-refractivity contribution in [3.8, 4) is 6.07 Å². The molecule has 0 heterocycles. The molecule has 8 unspecified atom stereocenters. The smallest absolute Gasteiger partial charge is 0.0665 e. The molecule has 5 rings (SSSR count). The molecular formula is C36H49N. The van der Waals surface area contributed by atoms with Gasteiger partial charge in [0.1, 0.15) is 0 Å². The van der Waals surface area contributed by atoms with Gasteiger partial charge in [0.15, 0.2) is 0 Å². The van der Waals surface area contributed by atoms with E-state index in [4.69, 9.17) is 6.58 Å². The molecule has 0 spiro atoms. The lowest BCUT2D eigenvalue weighted by atomic mass is 9.40. The van der Waals surface area contributed by atoms with E-state index in [-0.39, 0.29) is 22.2 Å². The molecule has 0 amide bonds. The zero-order chi connectivity index (χ0) is 26.8. The van der Waals surface area contributed by atoms with Gasteiger partial charge < -0.3 is 0 Å². The Hall–Kier alpha value is -2.07. The van der Waals surface area contributed by atoms with Crippen molar-refractivity contribution in [2.24, 2.45) is 45.8 Å². The molecule has 37 heavy (non-hydrogen) atoms. The lowest BCUT2D eigenvalue weighted by Crippen LogP contribution is -2.56. The van der Waals surface area contributed by atoms with Crippen molar-refractivity contribution in [2.45, 2.75) is 98.8 Å². The first kappa shape index (κ1) is 26.5. The van der Waals surface area contributed by atoms with Crippen LogP contribution < -0.4 is 0 Å². The lowest BCUT2D eigenvalue weighted by molar-refractivity contribution is -0.0957. The van der Waals surface area contributed by atoms with E-state index in [1.165, 1.54) is 42.4 Å². The van der Waals surface area contributed by atoms with Gasteiger partial charge in [0.2, 0.25) is 0 Å². The monoisotopic (exact) mass is 495 g/mol. The van der Waals surface area contributed by atoms with Crippen LogP contribution in [0.2, 0.25) is 0 Å². The fourth-order valence-corrected chi connectivity index (χ4v) is 9.36. The molecule has 0 radical (unpaired) electrons. The maximum Gasteiger partial charge on any atom is 0.0665 e. The summed E-state index contributed by atoms with van der Waals surface area (Å²) < 4.78 is 0. The quantitative estimate of drug-likeness (QED) is 0.373. The van der Waals surface area contributed by atoms with E-state index < -0.39 is 0 Å². The highest BCUT2D eigenvalue weighted by molar-refractivity contribution is 5.38. The van der Waals surface area contributed by atoms with E-state index in [1.807, 2.05) is 0 Å². The van der Waals surface area contributed by atoms with Gasteiger partial charge in [-0.3, -0.25) is 0 Å². The molecule has 3 saturated carbocycles.